The number of unbranched alkanes of at least 4 members (excludes halogenated alkanes) is 2. The fourth-order valence-electron chi connectivity index (χ4n) is 4.09. The topological polar surface area (TPSA) is 116 Å². The first-order valence-electron chi connectivity index (χ1n) is 11.7. The van der Waals surface area contributed by atoms with Crippen LogP contribution in [-0.4, -0.2) is 44.6 Å². The van der Waals surface area contributed by atoms with E-state index in [-0.39, 0.29) is 18.6 Å². The Hall–Kier alpha value is -3.10. The van der Waals surface area contributed by atoms with Gasteiger partial charge >= 0.3 is 12.1 Å². The second kappa shape index (κ2) is 11.7. The summed E-state index contributed by atoms with van der Waals surface area (Å²) in [6.07, 6.45) is 7.04. The van der Waals surface area contributed by atoms with Crippen LogP contribution in [0, 0.1) is 12.8 Å². The molecule has 0 aliphatic heterocycles. The predicted molar refractivity (Wildman–Crippen MR) is 123 cm³/mol. The Bertz CT molecular complexity index is 958. The van der Waals surface area contributed by atoms with Crippen LogP contribution < -0.4 is 10.1 Å². The third-order valence-electron chi connectivity index (χ3n) is 6.03. The van der Waals surface area contributed by atoms with Crippen LogP contribution in [0.5, 0.6) is 5.75 Å². The Labute approximate surface area is 194 Å². The van der Waals surface area contributed by atoms with Crippen LogP contribution in [0.4, 0.5) is 4.79 Å². The molecule has 2 atom stereocenters. The molecule has 0 radical (unpaired) electrons. The van der Waals surface area contributed by atoms with E-state index in [1.807, 2.05) is 26.1 Å². The summed E-state index contributed by atoms with van der Waals surface area (Å²) in [5.41, 5.74) is 3.09. The second-order valence-electron chi connectivity index (χ2n) is 8.55. The van der Waals surface area contributed by atoms with E-state index in [0.717, 1.165) is 54.7 Å². The van der Waals surface area contributed by atoms with Gasteiger partial charge < -0.3 is 19.9 Å². The standard InChI is InChI=1S/C24H34N4O5/c1-4-5-6-12-32-24(31)25-15-21-19(14-26-28(21)3)20-10-11-22(16(2)27-20)33-18-9-7-8-17(13-18)23(29)30/h10-11,14,17-18H,4-9,12-13,15H2,1-3H3,(H,25,31)(H,29,30)/t17?,18-/m0/s1. The molecular weight excluding hydrogens is 424 g/mol. The van der Waals surface area contributed by atoms with Crippen molar-refractivity contribution in [2.45, 2.75) is 71.4 Å². The van der Waals surface area contributed by atoms with Crippen molar-refractivity contribution in [3.63, 3.8) is 0 Å². The van der Waals surface area contributed by atoms with Gasteiger partial charge in [0.2, 0.25) is 0 Å². The molecule has 3 rings (SSSR count). The molecule has 0 aromatic carbocycles. The van der Waals surface area contributed by atoms with Gasteiger partial charge in [0.1, 0.15) is 5.75 Å². The second-order valence-corrected chi connectivity index (χ2v) is 8.55. The first kappa shape index (κ1) is 24.5. The maximum absolute atomic E-state index is 12.0. The summed E-state index contributed by atoms with van der Waals surface area (Å²) in [5.74, 6) is -0.440. The molecule has 1 aliphatic carbocycles. The highest BCUT2D eigenvalue weighted by Gasteiger charge is 2.28. The molecule has 9 nitrogen and oxygen atoms in total. The number of carbonyl (C=O) groups excluding carboxylic acids is 1. The lowest BCUT2D eigenvalue weighted by molar-refractivity contribution is -0.143. The van der Waals surface area contributed by atoms with Crippen molar-refractivity contribution in [3.05, 3.63) is 29.7 Å². The number of alkyl carbamates (subject to hydrolysis) is 1. The Morgan fingerprint density at radius 1 is 1.27 bits per heavy atom. The summed E-state index contributed by atoms with van der Waals surface area (Å²) in [6.45, 7) is 4.66. The summed E-state index contributed by atoms with van der Waals surface area (Å²) in [6, 6.07) is 3.73. The highest BCUT2D eigenvalue weighted by molar-refractivity contribution is 5.70. The zero-order chi connectivity index (χ0) is 23.8. The average Bonchev–Trinajstić information content (AvgIpc) is 3.17. The fourth-order valence-corrected chi connectivity index (χ4v) is 4.09. The Morgan fingerprint density at radius 2 is 2.09 bits per heavy atom. The minimum absolute atomic E-state index is 0.118. The van der Waals surface area contributed by atoms with E-state index >= 15 is 0 Å². The molecular formula is C24H34N4O5. The number of aromatic nitrogens is 3. The summed E-state index contributed by atoms with van der Waals surface area (Å²) < 4.78 is 13.0. The van der Waals surface area contributed by atoms with E-state index in [1.165, 1.54) is 0 Å². The van der Waals surface area contributed by atoms with Crippen molar-refractivity contribution in [2.24, 2.45) is 13.0 Å². The summed E-state index contributed by atoms with van der Waals surface area (Å²) in [5, 5.41) is 16.4. The Morgan fingerprint density at radius 3 is 2.82 bits per heavy atom. The van der Waals surface area contributed by atoms with Crippen LogP contribution in [-0.2, 0) is 23.1 Å². The highest BCUT2D eigenvalue weighted by Crippen LogP contribution is 2.31. The number of hydrogen-bond acceptors (Lipinski definition) is 6. The number of carbonyl (C=O) groups is 2. The van der Waals surface area contributed by atoms with Crippen LogP contribution in [0.2, 0.25) is 0 Å². The SMILES string of the molecule is CCCCCOC(=O)NCc1c(-c2ccc(O[C@H]3CCCC(C(=O)O)C3)c(C)n2)cnn1C. The van der Waals surface area contributed by atoms with Crippen molar-refractivity contribution in [1.29, 1.82) is 0 Å². The highest BCUT2D eigenvalue weighted by atomic mass is 16.5. The van der Waals surface area contributed by atoms with E-state index in [9.17, 15) is 14.7 Å². The number of nitrogens with one attached hydrogen (secondary N) is 1. The minimum Gasteiger partial charge on any atom is -0.489 e. The molecule has 2 aromatic heterocycles. The lowest BCUT2D eigenvalue weighted by Gasteiger charge is -2.27. The number of hydrogen-bond donors (Lipinski definition) is 2. The number of pyridine rings is 1. The molecule has 0 spiro atoms. The van der Waals surface area contributed by atoms with E-state index in [0.29, 0.717) is 25.2 Å². The van der Waals surface area contributed by atoms with Crippen LogP contribution in [0.25, 0.3) is 11.3 Å². The number of carboxylic acids is 1. The first-order valence-corrected chi connectivity index (χ1v) is 11.7. The van der Waals surface area contributed by atoms with Crippen molar-refractivity contribution in [2.75, 3.05) is 6.61 Å². The van der Waals surface area contributed by atoms with Gasteiger partial charge in [-0.2, -0.15) is 5.10 Å². The molecule has 180 valence electrons. The van der Waals surface area contributed by atoms with E-state index in [4.69, 9.17) is 14.5 Å². The third kappa shape index (κ3) is 6.69. The third-order valence-corrected chi connectivity index (χ3v) is 6.03. The molecule has 2 aromatic rings. The molecule has 1 fully saturated rings. The smallest absolute Gasteiger partial charge is 0.407 e. The van der Waals surface area contributed by atoms with Gasteiger partial charge in [0.25, 0.3) is 0 Å². The quantitative estimate of drug-likeness (QED) is 0.512. The van der Waals surface area contributed by atoms with Crippen molar-refractivity contribution >= 4 is 12.1 Å². The maximum atomic E-state index is 12.0. The summed E-state index contributed by atoms with van der Waals surface area (Å²) >= 11 is 0. The first-order chi connectivity index (χ1) is 15.9. The van der Waals surface area contributed by atoms with E-state index in [1.54, 1.807) is 10.9 Å². The number of ether oxygens (including phenoxy) is 2. The van der Waals surface area contributed by atoms with Crippen LogP contribution in [0.1, 0.15) is 63.3 Å². The van der Waals surface area contributed by atoms with Gasteiger partial charge in [0.15, 0.2) is 0 Å². The predicted octanol–water partition coefficient (Wildman–Crippen LogP) is 4.23. The van der Waals surface area contributed by atoms with Gasteiger partial charge in [-0.05, 0) is 51.2 Å². The van der Waals surface area contributed by atoms with Crippen LogP contribution >= 0.6 is 0 Å². The maximum Gasteiger partial charge on any atom is 0.407 e. The number of rotatable bonds is 10. The zero-order valence-electron chi connectivity index (χ0n) is 19.7. The van der Waals surface area contributed by atoms with Gasteiger partial charge in [0.05, 0.1) is 48.5 Å². The number of carboxylic acid groups (broad SMARTS) is 1. The normalized spacial score (nSPS) is 18.0. The van der Waals surface area contributed by atoms with Crippen molar-refractivity contribution in [1.82, 2.24) is 20.1 Å². The molecule has 1 unspecified atom stereocenters. The van der Waals surface area contributed by atoms with Crippen LogP contribution in [0.15, 0.2) is 18.3 Å². The molecule has 9 heteroatoms. The molecule has 33 heavy (non-hydrogen) atoms. The number of aryl methyl sites for hydroxylation is 2. The van der Waals surface area contributed by atoms with Gasteiger partial charge in [-0.3, -0.25) is 9.48 Å². The van der Waals surface area contributed by atoms with Gasteiger partial charge in [-0.25, -0.2) is 9.78 Å². The molecule has 0 bridgehead atoms. The lowest BCUT2D eigenvalue weighted by Crippen LogP contribution is -2.29. The van der Waals surface area contributed by atoms with E-state index < -0.39 is 12.1 Å². The van der Waals surface area contributed by atoms with E-state index in [2.05, 4.69) is 17.3 Å². The minimum atomic E-state index is -0.754. The summed E-state index contributed by atoms with van der Waals surface area (Å²) in [4.78, 5) is 28.0. The van der Waals surface area contributed by atoms with Crippen molar-refractivity contribution < 1.29 is 24.2 Å². The fraction of sp³-hybridized carbons (Fsp3) is 0.583. The zero-order valence-corrected chi connectivity index (χ0v) is 19.7. The van der Waals surface area contributed by atoms with Crippen molar-refractivity contribution in [3.8, 4) is 17.0 Å². The Balaban J connectivity index is 1.64. The molecule has 1 saturated carbocycles. The lowest BCUT2D eigenvalue weighted by atomic mass is 9.87. The van der Waals surface area contributed by atoms with Crippen LogP contribution in [0.3, 0.4) is 0 Å². The number of amides is 1. The number of nitrogens with zero attached hydrogens (tertiary/aromatic N) is 3. The monoisotopic (exact) mass is 458 g/mol. The average molecular weight is 459 g/mol. The molecule has 0 saturated heterocycles. The van der Waals surface area contributed by atoms with Gasteiger partial charge in [0, 0.05) is 12.6 Å². The Kier molecular flexibility index (Phi) is 8.68. The molecule has 2 heterocycles. The molecule has 2 N–H and O–H groups in total. The largest absolute Gasteiger partial charge is 0.489 e. The van der Waals surface area contributed by atoms with Gasteiger partial charge in [-0.1, -0.05) is 19.8 Å². The summed E-state index contributed by atoms with van der Waals surface area (Å²) in [7, 11) is 1.82. The van der Waals surface area contributed by atoms with Gasteiger partial charge in [-0.15, -0.1) is 0 Å². The molecule has 1 aliphatic rings. The number of aliphatic carboxylic acids is 1. The molecule has 1 amide bonds.